The normalized spacial score (nSPS) is 28.4. The molecular formula is C13H27NO. The second-order valence-corrected chi connectivity index (χ2v) is 6.03. The van der Waals surface area contributed by atoms with Gasteiger partial charge in [0.2, 0.25) is 0 Å². The number of nitrogens with one attached hydrogen (secondary N) is 1. The van der Waals surface area contributed by atoms with Crippen LogP contribution in [-0.2, 0) is 4.74 Å². The summed E-state index contributed by atoms with van der Waals surface area (Å²) in [6.45, 7) is 10.9. The van der Waals surface area contributed by atoms with Crippen LogP contribution < -0.4 is 5.32 Å². The highest BCUT2D eigenvalue weighted by molar-refractivity contribution is 4.80. The Labute approximate surface area is 94.8 Å². The Hall–Kier alpha value is -0.0800. The van der Waals surface area contributed by atoms with E-state index in [-0.39, 0.29) is 5.60 Å². The average Bonchev–Trinajstić information content (AvgIpc) is 2.05. The summed E-state index contributed by atoms with van der Waals surface area (Å²) in [6.07, 6.45) is 5.43. The minimum atomic E-state index is 0.0168. The molecule has 1 N–H and O–H groups in total. The Bertz CT molecular complexity index is 175. The first-order chi connectivity index (χ1) is 6.87. The SMILES string of the molecule is CC(C)N[C@H]1CC[C@H](OC(C)(C)C)CC1. The van der Waals surface area contributed by atoms with Crippen molar-refractivity contribution in [2.24, 2.45) is 0 Å². The van der Waals surface area contributed by atoms with Crippen molar-refractivity contribution in [1.82, 2.24) is 5.32 Å². The molecule has 0 amide bonds. The van der Waals surface area contributed by atoms with Crippen LogP contribution in [-0.4, -0.2) is 23.8 Å². The Morgan fingerprint density at radius 3 is 2.00 bits per heavy atom. The fourth-order valence-electron chi connectivity index (χ4n) is 2.32. The minimum absolute atomic E-state index is 0.0168. The first kappa shape index (κ1) is 13.0. The van der Waals surface area contributed by atoms with Crippen LogP contribution in [0.1, 0.15) is 60.3 Å². The van der Waals surface area contributed by atoms with Crippen LogP contribution in [0.15, 0.2) is 0 Å². The van der Waals surface area contributed by atoms with Gasteiger partial charge in [-0.2, -0.15) is 0 Å². The van der Waals surface area contributed by atoms with Crippen molar-refractivity contribution in [3.8, 4) is 0 Å². The maximum atomic E-state index is 6.00. The zero-order valence-corrected chi connectivity index (χ0v) is 11.0. The number of hydrogen-bond donors (Lipinski definition) is 1. The number of rotatable bonds is 3. The average molecular weight is 213 g/mol. The summed E-state index contributed by atoms with van der Waals surface area (Å²) in [5.74, 6) is 0. The summed E-state index contributed by atoms with van der Waals surface area (Å²) in [5, 5.41) is 3.61. The first-order valence-electron chi connectivity index (χ1n) is 6.30. The summed E-state index contributed by atoms with van der Waals surface area (Å²) in [6, 6.07) is 1.32. The quantitative estimate of drug-likeness (QED) is 0.778. The van der Waals surface area contributed by atoms with Gasteiger partial charge in [-0.1, -0.05) is 13.8 Å². The molecule has 0 aromatic rings. The van der Waals surface area contributed by atoms with Gasteiger partial charge in [-0.3, -0.25) is 0 Å². The van der Waals surface area contributed by atoms with E-state index in [0.717, 1.165) is 0 Å². The fraction of sp³-hybridized carbons (Fsp3) is 1.00. The first-order valence-corrected chi connectivity index (χ1v) is 6.30. The van der Waals surface area contributed by atoms with Gasteiger partial charge in [0.05, 0.1) is 11.7 Å². The highest BCUT2D eigenvalue weighted by atomic mass is 16.5. The van der Waals surface area contributed by atoms with Gasteiger partial charge in [-0.05, 0) is 46.5 Å². The second-order valence-electron chi connectivity index (χ2n) is 6.03. The van der Waals surface area contributed by atoms with Crippen molar-refractivity contribution in [3.05, 3.63) is 0 Å². The molecule has 90 valence electrons. The van der Waals surface area contributed by atoms with Gasteiger partial charge in [0.25, 0.3) is 0 Å². The van der Waals surface area contributed by atoms with E-state index < -0.39 is 0 Å². The number of ether oxygens (including phenoxy) is 1. The van der Waals surface area contributed by atoms with Crippen molar-refractivity contribution in [2.45, 2.75) is 84.1 Å². The molecular weight excluding hydrogens is 186 g/mol. The maximum Gasteiger partial charge on any atom is 0.0602 e. The van der Waals surface area contributed by atoms with Gasteiger partial charge in [-0.25, -0.2) is 0 Å². The van der Waals surface area contributed by atoms with Gasteiger partial charge >= 0.3 is 0 Å². The van der Waals surface area contributed by atoms with Crippen molar-refractivity contribution in [3.63, 3.8) is 0 Å². The molecule has 2 nitrogen and oxygen atoms in total. The second kappa shape index (κ2) is 5.31. The molecule has 1 aliphatic carbocycles. The third kappa shape index (κ3) is 5.53. The molecule has 0 spiro atoms. The lowest BCUT2D eigenvalue weighted by molar-refractivity contribution is -0.0761. The van der Waals surface area contributed by atoms with Crippen LogP contribution >= 0.6 is 0 Å². The molecule has 1 fully saturated rings. The maximum absolute atomic E-state index is 6.00. The van der Waals surface area contributed by atoms with Gasteiger partial charge in [0, 0.05) is 12.1 Å². The summed E-state index contributed by atoms with van der Waals surface area (Å²) < 4.78 is 6.00. The van der Waals surface area contributed by atoms with E-state index in [1.807, 2.05) is 0 Å². The number of hydrogen-bond acceptors (Lipinski definition) is 2. The lowest BCUT2D eigenvalue weighted by Crippen LogP contribution is -2.40. The Kier molecular flexibility index (Phi) is 4.60. The van der Waals surface area contributed by atoms with Gasteiger partial charge in [0.1, 0.15) is 0 Å². The Morgan fingerprint density at radius 2 is 1.60 bits per heavy atom. The zero-order chi connectivity index (χ0) is 11.5. The summed E-state index contributed by atoms with van der Waals surface area (Å²) in [7, 11) is 0. The van der Waals surface area contributed by atoms with Gasteiger partial charge < -0.3 is 10.1 Å². The highest BCUT2D eigenvalue weighted by Gasteiger charge is 2.25. The van der Waals surface area contributed by atoms with Crippen LogP contribution in [0.25, 0.3) is 0 Å². The molecule has 2 heteroatoms. The molecule has 0 saturated heterocycles. The topological polar surface area (TPSA) is 21.3 Å². The minimum Gasteiger partial charge on any atom is -0.373 e. The lowest BCUT2D eigenvalue weighted by Gasteiger charge is -2.34. The standard InChI is InChI=1S/C13H27NO/c1-10(2)14-11-6-8-12(9-7-11)15-13(3,4)5/h10-12,14H,6-9H2,1-5H3/t11-,12-. The zero-order valence-electron chi connectivity index (χ0n) is 11.0. The van der Waals surface area contributed by atoms with Crippen molar-refractivity contribution >= 4 is 0 Å². The van der Waals surface area contributed by atoms with Crippen molar-refractivity contribution in [2.75, 3.05) is 0 Å². The molecule has 0 radical (unpaired) electrons. The molecule has 1 aliphatic rings. The fourth-order valence-corrected chi connectivity index (χ4v) is 2.32. The molecule has 1 saturated carbocycles. The van der Waals surface area contributed by atoms with E-state index in [0.29, 0.717) is 18.2 Å². The lowest BCUT2D eigenvalue weighted by atomic mass is 9.92. The van der Waals surface area contributed by atoms with Crippen LogP contribution in [0.2, 0.25) is 0 Å². The van der Waals surface area contributed by atoms with Gasteiger partial charge in [-0.15, -0.1) is 0 Å². The molecule has 0 heterocycles. The molecule has 0 aromatic heterocycles. The Balaban J connectivity index is 2.24. The predicted molar refractivity (Wildman–Crippen MR) is 65.2 cm³/mol. The molecule has 0 bridgehead atoms. The summed E-state index contributed by atoms with van der Waals surface area (Å²) in [5.41, 5.74) is 0.0168. The van der Waals surface area contributed by atoms with Crippen LogP contribution in [0.4, 0.5) is 0 Å². The van der Waals surface area contributed by atoms with E-state index in [1.54, 1.807) is 0 Å². The largest absolute Gasteiger partial charge is 0.373 e. The van der Waals surface area contributed by atoms with Gasteiger partial charge in [0.15, 0.2) is 0 Å². The van der Waals surface area contributed by atoms with E-state index in [4.69, 9.17) is 4.74 Å². The van der Waals surface area contributed by atoms with Crippen LogP contribution in [0.3, 0.4) is 0 Å². The van der Waals surface area contributed by atoms with Crippen molar-refractivity contribution < 1.29 is 4.74 Å². The third-order valence-electron chi connectivity index (χ3n) is 2.76. The van der Waals surface area contributed by atoms with E-state index >= 15 is 0 Å². The molecule has 0 aromatic carbocycles. The van der Waals surface area contributed by atoms with Crippen LogP contribution in [0.5, 0.6) is 0 Å². The van der Waals surface area contributed by atoms with E-state index in [2.05, 4.69) is 39.9 Å². The van der Waals surface area contributed by atoms with E-state index in [1.165, 1.54) is 25.7 Å². The summed E-state index contributed by atoms with van der Waals surface area (Å²) >= 11 is 0. The Morgan fingerprint density at radius 1 is 1.07 bits per heavy atom. The monoisotopic (exact) mass is 213 g/mol. The molecule has 1 rings (SSSR count). The van der Waals surface area contributed by atoms with E-state index in [9.17, 15) is 0 Å². The summed E-state index contributed by atoms with van der Waals surface area (Å²) in [4.78, 5) is 0. The van der Waals surface area contributed by atoms with Crippen LogP contribution in [0, 0.1) is 0 Å². The molecule has 15 heavy (non-hydrogen) atoms. The highest BCUT2D eigenvalue weighted by Crippen LogP contribution is 2.25. The van der Waals surface area contributed by atoms with Crippen molar-refractivity contribution in [1.29, 1.82) is 0 Å². The smallest absolute Gasteiger partial charge is 0.0602 e. The third-order valence-corrected chi connectivity index (χ3v) is 2.76. The molecule has 0 atom stereocenters. The molecule has 0 aliphatic heterocycles. The molecule has 0 unspecified atom stereocenters. The predicted octanol–water partition coefficient (Wildman–Crippen LogP) is 3.11.